The largest absolute Gasteiger partial charge is 0.495 e. The number of hydrogen-bond acceptors (Lipinski definition) is 6. The van der Waals surface area contributed by atoms with Crippen molar-refractivity contribution in [3.8, 4) is 5.75 Å². The van der Waals surface area contributed by atoms with Crippen LogP contribution in [0.5, 0.6) is 5.75 Å². The summed E-state index contributed by atoms with van der Waals surface area (Å²) in [7, 11) is 1.51. The molecular formula is C17H22N4O4. The van der Waals surface area contributed by atoms with Crippen LogP contribution in [0.3, 0.4) is 0 Å². The fourth-order valence-corrected chi connectivity index (χ4v) is 2.12. The van der Waals surface area contributed by atoms with E-state index in [2.05, 4.69) is 20.8 Å². The number of carbonyl (C=O) groups excluding carboxylic acids is 2. The van der Waals surface area contributed by atoms with E-state index in [0.717, 1.165) is 0 Å². The van der Waals surface area contributed by atoms with E-state index in [1.807, 2.05) is 13.8 Å². The van der Waals surface area contributed by atoms with Crippen LogP contribution >= 0.6 is 0 Å². The first-order chi connectivity index (χ1) is 11.9. The van der Waals surface area contributed by atoms with Crippen LogP contribution in [0, 0.1) is 0 Å². The van der Waals surface area contributed by atoms with Gasteiger partial charge in [0, 0.05) is 31.4 Å². The van der Waals surface area contributed by atoms with E-state index >= 15 is 0 Å². The number of methoxy groups -OCH3 is 1. The highest BCUT2D eigenvalue weighted by Gasteiger charge is 2.12. The van der Waals surface area contributed by atoms with Gasteiger partial charge in [-0.3, -0.25) is 9.59 Å². The van der Waals surface area contributed by atoms with Crippen molar-refractivity contribution in [1.29, 1.82) is 0 Å². The smallest absolute Gasteiger partial charge is 0.227 e. The van der Waals surface area contributed by atoms with E-state index < -0.39 is 0 Å². The molecule has 0 saturated carbocycles. The molecule has 2 aromatic rings. The summed E-state index contributed by atoms with van der Waals surface area (Å²) in [5.41, 5.74) is 1.05. The fraction of sp³-hybridized carbons (Fsp3) is 0.412. The second-order valence-corrected chi connectivity index (χ2v) is 5.85. The highest BCUT2D eigenvalue weighted by molar-refractivity contribution is 5.94. The van der Waals surface area contributed by atoms with E-state index in [-0.39, 0.29) is 24.2 Å². The third-order valence-electron chi connectivity index (χ3n) is 3.36. The van der Waals surface area contributed by atoms with Gasteiger partial charge < -0.3 is 19.9 Å². The number of ether oxygens (including phenoxy) is 1. The number of benzene rings is 1. The Balaban J connectivity index is 1.96. The molecule has 0 aliphatic rings. The zero-order valence-corrected chi connectivity index (χ0v) is 14.8. The molecule has 2 amide bonds. The minimum Gasteiger partial charge on any atom is -0.495 e. The second kappa shape index (κ2) is 8.27. The third kappa shape index (κ3) is 5.30. The number of amides is 2. The molecule has 0 bridgehead atoms. The topological polar surface area (TPSA) is 106 Å². The Morgan fingerprint density at radius 1 is 1.28 bits per heavy atom. The molecule has 0 radical (unpaired) electrons. The number of carbonyl (C=O) groups is 2. The van der Waals surface area contributed by atoms with Gasteiger partial charge in [-0.1, -0.05) is 19.0 Å². The lowest BCUT2D eigenvalue weighted by Crippen LogP contribution is -2.13. The van der Waals surface area contributed by atoms with E-state index in [9.17, 15) is 9.59 Å². The first kappa shape index (κ1) is 18.4. The van der Waals surface area contributed by atoms with Crippen molar-refractivity contribution < 1.29 is 18.8 Å². The molecule has 0 unspecified atom stereocenters. The number of aryl methyl sites for hydroxylation is 1. The van der Waals surface area contributed by atoms with Crippen molar-refractivity contribution in [2.24, 2.45) is 0 Å². The van der Waals surface area contributed by atoms with Crippen LogP contribution in [0.4, 0.5) is 11.4 Å². The Labute approximate surface area is 145 Å². The van der Waals surface area contributed by atoms with Gasteiger partial charge in [0.2, 0.25) is 17.7 Å². The van der Waals surface area contributed by atoms with Crippen molar-refractivity contribution >= 4 is 23.2 Å². The maximum atomic E-state index is 12.1. The Morgan fingerprint density at radius 2 is 2.04 bits per heavy atom. The first-order valence-corrected chi connectivity index (χ1v) is 7.97. The van der Waals surface area contributed by atoms with Gasteiger partial charge in [-0.05, 0) is 18.2 Å². The Hall–Kier alpha value is -2.90. The van der Waals surface area contributed by atoms with Gasteiger partial charge in [-0.2, -0.15) is 4.98 Å². The van der Waals surface area contributed by atoms with Crippen LogP contribution in [0.1, 0.15) is 44.8 Å². The molecule has 1 heterocycles. The molecule has 25 heavy (non-hydrogen) atoms. The summed E-state index contributed by atoms with van der Waals surface area (Å²) in [6.45, 7) is 5.34. The molecule has 134 valence electrons. The Kier molecular flexibility index (Phi) is 6.10. The highest BCUT2D eigenvalue weighted by Crippen LogP contribution is 2.27. The molecule has 2 N–H and O–H groups in total. The molecular weight excluding hydrogens is 324 g/mol. The molecule has 0 atom stereocenters. The standard InChI is InChI=1S/C17H22N4O4/c1-10(2)17-20-16(25-21-17)8-7-15(23)19-12-5-6-14(24-4)13(9-12)18-11(3)22/h5-6,9-10H,7-8H2,1-4H3,(H,18,22)(H,19,23). The lowest BCUT2D eigenvalue weighted by molar-refractivity contribution is -0.116. The zero-order chi connectivity index (χ0) is 18.4. The monoisotopic (exact) mass is 346 g/mol. The minimum atomic E-state index is -0.223. The Morgan fingerprint density at radius 3 is 2.64 bits per heavy atom. The maximum Gasteiger partial charge on any atom is 0.227 e. The maximum absolute atomic E-state index is 12.1. The second-order valence-electron chi connectivity index (χ2n) is 5.85. The van der Waals surface area contributed by atoms with Crippen LogP contribution in [0.25, 0.3) is 0 Å². The third-order valence-corrected chi connectivity index (χ3v) is 3.36. The summed E-state index contributed by atoms with van der Waals surface area (Å²) in [5, 5.41) is 9.30. The van der Waals surface area contributed by atoms with Crippen LogP contribution < -0.4 is 15.4 Å². The predicted molar refractivity (Wildman–Crippen MR) is 92.6 cm³/mol. The van der Waals surface area contributed by atoms with Crippen molar-refractivity contribution in [2.45, 2.75) is 39.5 Å². The van der Waals surface area contributed by atoms with E-state index in [4.69, 9.17) is 9.26 Å². The van der Waals surface area contributed by atoms with Crippen LogP contribution in [0.2, 0.25) is 0 Å². The quantitative estimate of drug-likeness (QED) is 0.798. The lowest BCUT2D eigenvalue weighted by atomic mass is 10.2. The summed E-state index contributed by atoms with van der Waals surface area (Å²) in [6, 6.07) is 5.01. The molecule has 8 heteroatoms. The molecule has 0 spiro atoms. The number of anilines is 2. The van der Waals surface area contributed by atoms with Gasteiger partial charge in [0.1, 0.15) is 5.75 Å². The summed E-state index contributed by atoms with van der Waals surface area (Å²) in [6.07, 6.45) is 0.571. The number of aromatic nitrogens is 2. The molecule has 2 rings (SSSR count). The van der Waals surface area contributed by atoms with E-state index in [1.54, 1.807) is 18.2 Å². The minimum absolute atomic E-state index is 0.179. The molecule has 0 aliphatic heterocycles. The molecule has 1 aromatic heterocycles. The number of nitrogens with zero attached hydrogens (tertiary/aromatic N) is 2. The van der Waals surface area contributed by atoms with Crippen LogP contribution in [0.15, 0.2) is 22.7 Å². The van der Waals surface area contributed by atoms with Gasteiger partial charge in [-0.25, -0.2) is 0 Å². The van der Waals surface area contributed by atoms with Gasteiger partial charge in [0.15, 0.2) is 5.82 Å². The zero-order valence-electron chi connectivity index (χ0n) is 14.8. The van der Waals surface area contributed by atoms with Crippen LogP contribution in [-0.4, -0.2) is 29.1 Å². The highest BCUT2D eigenvalue weighted by atomic mass is 16.5. The summed E-state index contributed by atoms with van der Waals surface area (Å²) in [4.78, 5) is 27.6. The average molecular weight is 346 g/mol. The SMILES string of the molecule is COc1ccc(NC(=O)CCc2nc(C(C)C)no2)cc1NC(C)=O. The first-order valence-electron chi connectivity index (χ1n) is 7.97. The number of rotatable bonds is 7. The summed E-state index contributed by atoms with van der Waals surface area (Å²) < 4.78 is 10.3. The summed E-state index contributed by atoms with van der Waals surface area (Å²) >= 11 is 0. The molecule has 8 nitrogen and oxygen atoms in total. The van der Waals surface area contributed by atoms with Crippen molar-refractivity contribution in [2.75, 3.05) is 17.7 Å². The average Bonchev–Trinajstić information content (AvgIpc) is 3.02. The van der Waals surface area contributed by atoms with Crippen molar-refractivity contribution in [3.05, 3.63) is 29.9 Å². The molecule has 0 fully saturated rings. The van der Waals surface area contributed by atoms with Gasteiger partial charge in [-0.15, -0.1) is 0 Å². The Bertz CT molecular complexity index is 755. The number of nitrogens with one attached hydrogen (secondary N) is 2. The van der Waals surface area contributed by atoms with E-state index in [1.165, 1.54) is 14.0 Å². The molecule has 0 saturated heterocycles. The van der Waals surface area contributed by atoms with Crippen molar-refractivity contribution in [1.82, 2.24) is 10.1 Å². The molecule has 1 aromatic carbocycles. The van der Waals surface area contributed by atoms with Gasteiger partial charge in [0.05, 0.1) is 12.8 Å². The van der Waals surface area contributed by atoms with Gasteiger partial charge >= 0.3 is 0 Å². The van der Waals surface area contributed by atoms with Crippen molar-refractivity contribution in [3.63, 3.8) is 0 Å². The summed E-state index contributed by atoms with van der Waals surface area (Å²) in [5.74, 6) is 1.35. The fourth-order valence-electron chi connectivity index (χ4n) is 2.12. The normalized spacial score (nSPS) is 10.6. The lowest BCUT2D eigenvalue weighted by Gasteiger charge is -2.11. The number of hydrogen-bond donors (Lipinski definition) is 2. The van der Waals surface area contributed by atoms with Crippen LogP contribution in [-0.2, 0) is 16.0 Å². The van der Waals surface area contributed by atoms with Gasteiger partial charge in [0.25, 0.3) is 0 Å². The predicted octanol–water partition coefficient (Wildman–Crippen LogP) is 2.73. The van der Waals surface area contributed by atoms with E-state index in [0.29, 0.717) is 35.3 Å². The molecule has 0 aliphatic carbocycles.